The van der Waals surface area contributed by atoms with Crippen LogP contribution in [-0.4, -0.2) is 5.11 Å². The number of nitriles is 2. The molecule has 0 amide bonds. The molecule has 1 aromatic carbocycles. The number of para-hydroxylation sites is 1. The normalized spacial score (nSPS) is 11.3. The first-order valence-corrected chi connectivity index (χ1v) is 3.58. The maximum absolute atomic E-state index is 9.44. The summed E-state index contributed by atoms with van der Waals surface area (Å²) in [7, 11) is 0. The smallest absolute Gasteiger partial charge is 0.139 e. The Labute approximate surface area is 75.4 Å². The molecule has 1 unspecified atom stereocenters. The van der Waals surface area contributed by atoms with Crippen LogP contribution < -0.4 is 5.73 Å². The number of rotatable bonds is 1. The Morgan fingerprint density at radius 2 is 2.08 bits per heavy atom. The zero-order valence-electron chi connectivity index (χ0n) is 6.73. The van der Waals surface area contributed by atoms with E-state index < -0.39 is 6.04 Å². The highest BCUT2D eigenvalue weighted by Crippen LogP contribution is 2.25. The van der Waals surface area contributed by atoms with Crippen molar-refractivity contribution in [2.45, 2.75) is 6.04 Å². The van der Waals surface area contributed by atoms with Gasteiger partial charge in [-0.2, -0.15) is 10.5 Å². The number of nitrogens with zero attached hydrogens (tertiary/aromatic N) is 2. The third-order valence-electron chi connectivity index (χ3n) is 1.66. The van der Waals surface area contributed by atoms with Crippen molar-refractivity contribution in [2.24, 2.45) is 5.73 Å². The highest BCUT2D eigenvalue weighted by molar-refractivity contribution is 5.49. The minimum atomic E-state index is -0.895. The van der Waals surface area contributed by atoms with Gasteiger partial charge in [0, 0.05) is 5.56 Å². The number of hydrogen-bond donors (Lipinski definition) is 2. The molecule has 0 spiro atoms. The van der Waals surface area contributed by atoms with Gasteiger partial charge >= 0.3 is 0 Å². The van der Waals surface area contributed by atoms with Gasteiger partial charge in [0.1, 0.15) is 17.9 Å². The van der Waals surface area contributed by atoms with Crippen LogP contribution in [0.2, 0.25) is 0 Å². The Morgan fingerprint density at radius 1 is 1.38 bits per heavy atom. The molecule has 4 nitrogen and oxygen atoms in total. The highest BCUT2D eigenvalue weighted by Gasteiger charge is 2.12. The molecule has 1 aromatic rings. The number of aromatic hydroxyl groups is 1. The summed E-state index contributed by atoms with van der Waals surface area (Å²) in [5, 5.41) is 26.5. The molecule has 64 valence electrons. The maximum atomic E-state index is 9.44. The second-order valence-electron chi connectivity index (χ2n) is 2.46. The molecule has 0 saturated carbocycles. The molecule has 3 N–H and O–H groups in total. The van der Waals surface area contributed by atoms with Crippen LogP contribution in [0.1, 0.15) is 17.2 Å². The molecule has 0 aliphatic rings. The molecule has 1 atom stereocenters. The molecule has 1 rings (SSSR count). The zero-order chi connectivity index (χ0) is 9.84. The SMILES string of the molecule is N#Cc1cccc(C(N)C#N)c1O. The predicted octanol–water partition coefficient (Wildman–Crippen LogP) is 0.787. The van der Waals surface area contributed by atoms with E-state index >= 15 is 0 Å². The van der Waals surface area contributed by atoms with Crippen LogP contribution in [0.3, 0.4) is 0 Å². The van der Waals surface area contributed by atoms with E-state index in [4.69, 9.17) is 16.3 Å². The van der Waals surface area contributed by atoms with E-state index in [1.165, 1.54) is 12.1 Å². The monoisotopic (exact) mass is 173 g/mol. The molecule has 0 heterocycles. The van der Waals surface area contributed by atoms with Crippen molar-refractivity contribution in [2.75, 3.05) is 0 Å². The molecule has 0 saturated heterocycles. The Bertz CT molecular complexity index is 400. The van der Waals surface area contributed by atoms with Crippen molar-refractivity contribution < 1.29 is 5.11 Å². The number of benzene rings is 1. The van der Waals surface area contributed by atoms with Crippen LogP contribution >= 0.6 is 0 Å². The summed E-state index contributed by atoms with van der Waals surface area (Å²) in [6.07, 6.45) is 0. The van der Waals surface area contributed by atoms with Crippen molar-refractivity contribution in [3.8, 4) is 17.9 Å². The van der Waals surface area contributed by atoms with E-state index in [0.717, 1.165) is 0 Å². The van der Waals surface area contributed by atoms with Crippen molar-refractivity contribution >= 4 is 0 Å². The second kappa shape index (κ2) is 3.57. The lowest BCUT2D eigenvalue weighted by molar-refractivity contribution is 0.464. The minimum absolute atomic E-state index is 0.128. The van der Waals surface area contributed by atoms with Crippen molar-refractivity contribution in [1.82, 2.24) is 0 Å². The van der Waals surface area contributed by atoms with E-state index in [0.29, 0.717) is 0 Å². The fraction of sp³-hybridized carbons (Fsp3) is 0.111. The van der Waals surface area contributed by atoms with Gasteiger partial charge < -0.3 is 10.8 Å². The minimum Gasteiger partial charge on any atom is -0.506 e. The lowest BCUT2D eigenvalue weighted by atomic mass is 10.0. The predicted molar refractivity (Wildman–Crippen MR) is 45.4 cm³/mol. The van der Waals surface area contributed by atoms with Crippen molar-refractivity contribution in [3.05, 3.63) is 29.3 Å². The summed E-state index contributed by atoms with van der Waals surface area (Å²) < 4.78 is 0. The molecular weight excluding hydrogens is 166 g/mol. The van der Waals surface area contributed by atoms with Gasteiger partial charge in [-0.15, -0.1) is 0 Å². The first-order chi connectivity index (χ1) is 6.20. The van der Waals surface area contributed by atoms with Gasteiger partial charge in [-0.3, -0.25) is 0 Å². The topological polar surface area (TPSA) is 93.8 Å². The Hall–Kier alpha value is -2.04. The van der Waals surface area contributed by atoms with E-state index in [1.807, 2.05) is 0 Å². The largest absolute Gasteiger partial charge is 0.506 e. The van der Waals surface area contributed by atoms with Crippen LogP contribution in [0, 0.1) is 22.7 Å². The van der Waals surface area contributed by atoms with Gasteiger partial charge in [0.05, 0.1) is 11.6 Å². The average molecular weight is 173 g/mol. The van der Waals surface area contributed by atoms with Gasteiger partial charge in [-0.05, 0) is 6.07 Å². The summed E-state index contributed by atoms with van der Waals surface area (Å²) in [6.45, 7) is 0. The van der Waals surface area contributed by atoms with E-state index in [2.05, 4.69) is 0 Å². The number of phenols is 1. The molecule has 0 radical (unpaired) electrons. The quantitative estimate of drug-likeness (QED) is 0.656. The average Bonchev–Trinajstić information content (AvgIpc) is 2.17. The van der Waals surface area contributed by atoms with Gasteiger partial charge in [0.25, 0.3) is 0 Å². The molecule has 0 bridgehead atoms. The van der Waals surface area contributed by atoms with Crippen LogP contribution in [-0.2, 0) is 0 Å². The third-order valence-corrected chi connectivity index (χ3v) is 1.66. The fourth-order valence-electron chi connectivity index (χ4n) is 0.972. The highest BCUT2D eigenvalue weighted by atomic mass is 16.3. The molecule has 13 heavy (non-hydrogen) atoms. The van der Waals surface area contributed by atoms with E-state index in [9.17, 15) is 5.11 Å². The van der Waals surface area contributed by atoms with Crippen molar-refractivity contribution in [1.29, 1.82) is 10.5 Å². The van der Waals surface area contributed by atoms with Gasteiger partial charge in [-0.1, -0.05) is 12.1 Å². The summed E-state index contributed by atoms with van der Waals surface area (Å²) in [5.41, 5.74) is 5.80. The molecule has 0 aliphatic carbocycles. The lowest BCUT2D eigenvalue weighted by Gasteiger charge is -2.06. The Balaban J connectivity index is 3.27. The number of nitrogens with two attached hydrogens (primary N) is 1. The molecule has 0 fully saturated rings. The van der Waals surface area contributed by atoms with Crippen LogP contribution in [0.25, 0.3) is 0 Å². The Kier molecular flexibility index (Phi) is 2.49. The Morgan fingerprint density at radius 3 is 2.62 bits per heavy atom. The van der Waals surface area contributed by atoms with Gasteiger partial charge in [-0.25, -0.2) is 0 Å². The second-order valence-corrected chi connectivity index (χ2v) is 2.46. The van der Waals surface area contributed by atoms with Crippen molar-refractivity contribution in [3.63, 3.8) is 0 Å². The summed E-state index contributed by atoms with van der Waals surface area (Å²) >= 11 is 0. The van der Waals surface area contributed by atoms with Crippen LogP contribution in [0.15, 0.2) is 18.2 Å². The number of hydrogen-bond acceptors (Lipinski definition) is 4. The first kappa shape index (κ1) is 9.05. The number of phenolic OH excluding ortho intramolecular Hbond substituents is 1. The molecule has 0 aliphatic heterocycles. The van der Waals surface area contributed by atoms with Crippen LogP contribution in [0.4, 0.5) is 0 Å². The summed E-state index contributed by atoms with van der Waals surface area (Å²) in [6, 6.07) is 7.24. The van der Waals surface area contributed by atoms with E-state index in [1.54, 1.807) is 18.2 Å². The van der Waals surface area contributed by atoms with Crippen LogP contribution in [0.5, 0.6) is 5.75 Å². The summed E-state index contributed by atoms with van der Waals surface area (Å²) in [5.74, 6) is -0.209. The van der Waals surface area contributed by atoms with E-state index in [-0.39, 0.29) is 16.9 Å². The van der Waals surface area contributed by atoms with Gasteiger partial charge in [0.2, 0.25) is 0 Å². The lowest BCUT2D eigenvalue weighted by Crippen LogP contribution is -2.07. The summed E-state index contributed by atoms with van der Waals surface area (Å²) in [4.78, 5) is 0. The van der Waals surface area contributed by atoms with Gasteiger partial charge in [0.15, 0.2) is 0 Å². The fourth-order valence-corrected chi connectivity index (χ4v) is 0.972. The maximum Gasteiger partial charge on any atom is 0.139 e. The molecular formula is C9H7N3O. The zero-order valence-corrected chi connectivity index (χ0v) is 6.73. The third kappa shape index (κ3) is 1.58. The molecule has 4 heteroatoms. The standard InChI is InChI=1S/C9H7N3O/c10-4-6-2-1-3-7(9(6)13)8(12)5-11/h1-3,8,13H,12H2. The first-order valence-electron chi connectivity index (χ1n) is 3.58. The molecule has 0 aromatic heterocycles.